The fourth-order valence-electron chi connectivity index (χ4n) is 2.82. The first-order valence-corrected chi connectivity index (χ1v) is 9.71. The van der Waals surface area contributed by atoms with Crippen molar-refractivity contribution in [1.29, 1.82) is 0 Å². The lowest BCUT2D eigenvalue weighted by molar-refractivity contribution is 0.213. The summed E-state index contributed by atoms with van der Waals surface area (Å²) in [4.78, 5) is 0. The molecule has 0 saturated heterocycles. The summed E-state index contributed by atoms with van der Waals surface area (Å²) in [7, 11) is -3.42. The Morgan fingerprint density at radius 2 is 1.58 bits per heavy atom. The average Bonchev–Trinajstić information content (AvgIpc) is 2.99. The zero-order valence-electron chi connectivity index (χ0n) is 13.8. The molecule has 0 fully saturated rings. The van der Waals surface area contributed by atoms with Gasteiger partial charge in [0.25, 0.3) is 0 Å². The molecule has 0 amide bonds. The van der Waals surface area contributed by atoms with Gasteiger partial charge in [-0.1, -0.05) is 48.5 Å². The number of hydrogen-bond donors (Lipinski definition) is 0. The first-order valence-electron chi connectivity index (χ1n) is 8.10. The Morgan fingerprint density at radius 3 is 2.21 bits per heavy atom. The second-order valence-electron chi connectivity index (χ2n) is 5.38. The van der Waals surface area contributed by atoms with Gasteiger partial charge in [0.2, 0.25) is 0 Å². The molecule has 2 aromatic carbocycles. The maximum absolute atomic E-state index is 13.5. The van der Waals surface area contributed by atoms with Crippen LogP contribution >= 0.6 is 7.60 Å². The van der Waals surface area contributed by atoms with Gasteiger partial charge in [0.1, 0.15) is 17.0 Å². The Bertz CT molecular complexity index is 798. The molecule has 0 saturated carbocycles. The average molecular weight is 344 g/mol. The third kappa shape index (κ3) is 3.32. The largest absolute Gasteiger partial charge is 0.460 e. The summed E-state index contributed by atoms with van der Waals surface area (Å²) < 4.78 is 30.7. The van der Waals surface area contributed by atoms with Crippen molar-refractivity contribution in [2.24, 2.45) is 0 Å². The topological polar surface area (TPSA) is 48.7 Å². The third-order valence-electron chi connectivity index (χ3n) is 3.76. The van der Waals surface area contributed by atoms with Crippen LogP contribution in [0.2, 0.25) is 0 Å². The van der Waals surface area contributed by atoms with E-state index >= 15 is 0 Å². The van der Waals surface area contributed by atoms with Gasteiger partial charge >= 0.3 is 7.60 Å². The van der Waals surface area contributed by atoms with E-state index < -0.39 is 13.3 Å². The molecule has 4 nitrogen and oxygen atoms in total. The lowest BCUT2D eigenvalue weighted by Crippen LogP contribution is -2.07. The fourth-order valence-corrected chi connectivity index (χ4v) is 4.89. The first-order chi connectivity index (χ1) is 11.7. The molecule has 24 heavy (non-hydrogen) atoms. The van der Waals surface area contributed by atoms with Crippen LogP contribution in [-0.4, -0.2) is 13.2 Å². The van der Waals surface area contributed by atoms with Gasteiger partial charge in [-0.2, -0.15) is 0 Å². The maximum atomic E-state index is 13.5. The molecule has 3 rings (SSSR count). The van der Waals surface area contributed by atoms with Crippen LogP contribution in [0.4, 0.5) is 0 Å². The molecule has 0 aliphatic heterocycles. The molecule has 0 aliphatic carbocycles. The number of benzene rings is 2. The molecule has 3 aromatic rings. The Morgan fingerprint density at radius 1 is 0.958 bits per heavy atom. The van der Waals surface area contributed by atoms with Gasteiger partial charge in [-0.3, -0.25) is 4.57 Å². The van der Waals surface area contributed by atoms with E-state index in [1.165, 1.54) is 0 Å². The predicted molar refractivity (Wildman–Crippen MR) is 95.4 cm³/mol. The second kappa shape index (κ2) is 7.35. The van der Waals surface area contributed by atoms with Crippen molar-refractivity contribution < 1.29 is 18.0 Å². The van der Waals surface area contributed by atoms with E-state index in [9.17, 15) is 4.57 Å². The summed E-state index contributed by atoms with van der Waals surface area (Å²) in [5.74, 6) is 0.590. The van der Waals surface area contributed by atoms with E-state index in [0.717, 1.165) is 16.5 Å². The highest BCUT2D eigenvalue weighted by Crippen LogP contribution is 2.64. The maximum Gasteiger partial charge on any atom is 0.345 e. The molecule has 0 radical (unpaired) electrons. The minimum absolute atomic E-state index is 0.306. The number of para-hydroxylation sites is 1. The minimum Gasteiger partial charge on any atom is -0.460 e. The third-order valence-corrected chi connectivity index (χ3v) is 6.18. The molecule has 0 aliphatic rings. The van der Waals surface area contributed by atoms with Crippen LogP contribution in [0, 0.1) is 0 Å². The highest BCUT2D eigenvalue weighted by Gasteiger charge is 2.40. The van der Waals surface area contributed by atoms with E-state index in [1.54, 1.807) is 0 Å². The molecule has 0 spiro atoms. The lowest BCUT2D eigenvalue weighted by Gasteiger charge is -2.25. The van der Waals surface area contributed by atoms with Crippen molar-refractivity contribution in [3.05, 3.63) is 72.0 Å². The summed E-state index contributed by atoms with van der Waals surface area (Å²) in [6, 6.07) is 19.2. The summed E-state index contributed by atoms with van der Waals surface area (Å²) in [6.07, 6.45) is 0. The Labute approximate surface area is 141 Å². The number of fused-ring (bicyclic) bond motifs is 1. The van der Waals surface area contributed by atoms with Crippen molar-refractivity contribution in [2.45, 2.75) is 19.5 Å². The summed E-state index contributed by atoms with van der Waals surface area (Å²) in [6.45, 7) is 4.24. The van der Waals surface area contributed by atoms with Gasteiger partial charge in [0.05, 0.1) is 13.2 Å². The van der Waals surface area contributed by atoms with Crippen LogP contribution < -0.4 is 0 Å². The molecule has 0 bridgehead atoms. The quantitative estimate of drug-likeness (QED) is 0.509. The fraction of sp³-hybridized carbons (Fsp3) is 0.263. The number of hydrogen-bond acceptors (Lipinski definition) is 4. The molecule has 126 valence electrons. The van der Waals surface area contributed by atoms with Crippen LogP contribution in [0.5, 0.6) is 0 Å². The lowest BCUT2D eigenvalue weighted by atomic mass is 10.1. The van der Waals surface area contributed by atoms with Crippen molar-refractivity contribution in [1.82, 2.24) is 0 Å². The van der Waals surface area contributed by atoms with Crippen LogP contribution in [0.25, 0.3) is 11.0 Å². The highest BCUT2D eigenvalue weighted by atomic mass is 31.2. The Balaban J connectivity index is 2.16. The van der Waals surface area contributed by atoms with E-state index in [4.69, 9.17) is 13.5 Å². The summed E-state index contributed by atoms with van der Waals surface area (Å²) in [5.41, 5.74) is 1.01. The number of furan rings is 1. The molecular formula is C19H21O4P. The molecule has 5 heteroatoms. The van der Waals surface area contributed by atoms with Gasteiger partial charge < -0.3 is 13.5 Å². The minimum atomic E-state index is -3.42. The molecular weight excluding hydrogens is 323 g/mol. The first kappa shape index (κ1) is 17.0. The monoisotopic (exact) mass is 344 g/mol. The Kier molecular flexibility index (Phi) is 5.20. The standard InChI is InChI=1S/C19H21O4P/c1-3-21-24(20,22-4-2)19(15-10-6-5-7-11-15)18-14-16-12-8-9-13-17(16)23-18/h5-14,19H,3-4H2,1-2H3. The van der Waals surface area contributed by atoms with Gasteiger partial charge in [-0.15, -0.1) is 0 Å². The van der Waals surface area contributed by atoms with Gasteiger partial charge in [0.15, 0.2) is 0 Å². The van der Waals surface area contributed by atoms with Crippen LogP contribution in [-0.2, 0) is 13.6 Å². The van der Waals surface area contributed by atoms with E-state index in [-0.39, 0.29) is 0 Å². The van der Waals surface area contributed by atoms with E-state index in [0.29, 0.717) is 19.0 Å². The summed E-state index contributed by atoms with van der Waals surface area (Å²) >= 11 is 0. The predicted octanol–water partition coefficient (Wildman–Crippen LogP) is 5.79. The van der Waals surface area contributed by atoms with Gasteiger partial charge in [0, 0.05) is 5.39 Å². The van der Waals surface area contributed by atoms with Crippen molar-refractivity contribution >= 4 is 18.6 Å². The van der Waals surface area contributed by atoms with Gasteiger partial charge in [-0.05, 0) is 31.5 Å². The Hall–Kier alpha value is -1.87. The highest BCUT2D eigenvalue weighted by molar-refractivity contribution is 7.54. The van der Waals surface area contributed by atoms with Crippen molar-refractivity contribution in [3.8, 4) is 0 Å². The molecule has 1 heterocycles. The number of rotatable bonds is 7. The normalized spacial score (nSPS) is 13.2. The van der Waals surface area contributed by atoms with E-state index in [1.807, 2.05) is 74.5 Å². The molecule has 1 aromatic heterocycles. The molecule has 1 unspecified atom stereocenters. The smallest absolute Gasteiger partial charge is 0.345 e. The molecule has 1 atom stereocenters. The zero-order valence-corrected chi connectivity index (χ0v) is 14.7. The van der Waals surface area contributed by atoms with Crippen LogP contribution in [0.3, 0.4) is 0 Å². The van der Waals surface area contributed by atoms with Gasteiger partial charge in [-0.25, -0.2) is 0 Å². The van der Waals surface area contributed by atoms with Crippen LogP contribution in [0.1, 0.15) is 30.8 Å². The van der Waals surface area contributed by atoms with E-state index in [2.05, 4.69) is 0 Å². The second-order valence-corrected chi connectivity index (χ2v) is 7.49. The zero-order chi connectivity index (χ0) is 17.0. The van der Waals surface area contributed by atoms with Crippen molar-refractivity contribution in [3.63, 3.8) is 0 Å². The molecule has 0 N–H and O–H groups in total. The summed E-state index contributed by atoms with van der Waals surface area (Å²) in [5, 5.41) is 0.966. The van der Waals surface area contributed by atoms with Crippen LogP contribution in [0.15, 0.2) is 65.1 Å². The SMILES string of the molecule is CCOP(=O)(OCC)C(c1ccccc1)c1cc2ccccc2o1. The van der Waals surface area contributed by atoms with Crippen molar-refractivity contribution in [2.75, 3.05) is 13.2 Å².